The van der Waals surface area contributed by atoms with Crippen molar-refractivity contribution < 1.29 is 14.6 Å². The van der Waals surface area contributed by atoms with Crippen LogP contribution in [-0.4, -0.2) is 22.7 Å². The third-order valence-electron chi connectivity index (χ3n) is 2.66. The van der Waals surface area contributed by atoms with Crippen LogP contribution in [0, 0.1) is 11.8 Å². The fourth-order valence-corrected chi connectivity index (χ4v) is 1.57. The average molecular weight is 297 g/mol. The van der Waals surface area contributed by atoms with Crippen LogP contribution < -0.4 is 11.1 Å². The molecule has 6 nitrogen and oxygen atoms in total. The van der Waals surface area contributed by atoms with Gasteiger partial charge in [-0.2, -0.15) is 0 Å². The van der Waals surface area contributed by atoms with Crippen LogP contribution in [0.3, 0.4) is 0 Å². The van der Waals surface area contributed by atoms with Gasteiger partial charge in [0.05, 0.1) is 6.54 Å². The maximum Gasteiger partial charge on any atom is 0.408 e. The molecule has 0 saturated heterocycles. The predicted molar refractivity (Wildman–Crippen MR) is 81.8 cm³/mol. The first-order chi connectivity index (χ1) is 10.6. The minimum absolute atomic E-state index is 0.0492. The number of hydrogen-bond acceptors (Lipinski definition) is 5. The van der Waals surface area contributed by atoms with Crippen LogP contribution in [0.2, 0.25) is 0 Å². The van der Waals surface area contributed by atoms with E-state index >= 15 is 0 Å². The third kappa shape index (κ3) is 4.72. The molecule has 0 unspecified atom stereocenters. The molecule has 0 atom stereocenters. The Bertz CT molecular complexity index is 706. The first kappa shape index (κ1) is 15.2. The highest BCUT2D eigenvalue weighted by Gasteiger charge is 2.00. The average Bonchev–Trinajstić information content (AvgIpc) is 2.54. The molecule has 2 aromatic rings. The number of anilines is 1. The minimum Gasteiger partial charge on any atom is -0.504 e. The van der Waals surface area contributed by atoms with Crippen molar-refractivity contribution in [3.8, 4) is 17.6 Å². The lowest BCUT2D eigenvalue weighted by Crippen LogP contribution is -2.24. The molecule has 2 rings (SSSR count). The molecule has 1 aromatic carbocycles. The van der Waals surface area contributed by atoms with Gasteiger partial charge in [0.25, 0.3) is 0 Å². The molecule has 0 spiro atoms. The van der Waals surface area contributed by atoms with Crippen LogP contribution in [0.1, 0.15) is 11.1 Å². The van der Waals surface area contributed by atoms with Gasteiger partial charge in [-0.15, -0.1) is 0 Å². The highest BCUT2D eigenvalue weighted by molar-refractivity contribution is 5.67. The molecule has 0 aliphatic rings. The number of benzene rings is 1. The Morgan fingerprint density at radius 3 is 2.86 bits per heavy atom. The molecule has 0 aliphatic heterocycles. The van der Waals surface area contributed by atoms with E-state index in [0.717, 1.165) is 5.56 Å². The number of alkyl carbamates (subject to hydrolysis) is 1. The molecule has 0 fully saturated rings. The number of amides is 1. The van der Waals surface area contributed by atoms with Gasteiger partial charge in [-0.3, -0.25) is 0 Å². The second-order valence-corrected chi connectivity index (χ2v) is 4.35. The molecule has 0 aliphatic carbocycles. The Labute approximate surface area is 127 Å². The standard InChI is InChI=1S/C16H15N3O3/c17-15-14(20)9-13(10-19-15)7-4-8-18-16(21)22-11-12-5-2-1-3-6-12/h1-3,5-6,9-10,20H,8,11H2,(H2,17,19)(H,18,21). The molecule has 22 heavy (non-hydrogen) atoms. The number of ether oxygens (including phenoxy) is 1. The molecule has 4 N–H and O–H groups in total. The maximum atomic E-state index is 11.5. The molecule has 0 radical (unpaired) electrons. The van der Waals surface area contributed by atoms with Crippen LogP contribution in [0.25, 0.3) is 0 Å². The summed E-state index contributed by atoms with van der Waals surface area (Å²) in [6, 6.07) is 10.8. The zero-order chi connectivity index (χ0) is 15.8. The largest absolute Gasteiger partial charge is 0.504 e. The quantitative estimate of drug-likeness (QED) is 0.748. The lowest BCUT2D eigenvalue weighted by molar-refractivity contribution is 0.141. The summed E-state index contributed by atoms with van der Waals surface area (Å²) in [5.41, 5.74) is 6.80. The van der Waals surface area contributed by atoms with E-state index in [-0.39, 0.29) is 24.7 Å². The Morgan fingerprint density at radius 1 is 1.36 bits per heavy atom. The van der Waals surface area contributed by atoms with E-state index in [0.29, 0.717) is 5.56 Å². The molecule has 0 saturated carbocycles. The number of aromatic hydroxyl groups is 1. The van der Waals surface area contributed by atoms with Crippen molar-refractivity contribution >= 4 is 11.9 Å². The minimum atomic E-state index is -0.545. The second-order valence-electron chi connectivity index (χ2n) is 4.35. The van der Waals surface area contributed by atoms with Crippen LogP contribution in [0.5, 0.6) is 5.75 Å². The van der Waals surface area contributed by atoms with E-state index in [2.05, 4.69) is 22.1 Å². The van der Waals surface area contributed by atoms with Crippen molar-refractivity contribution in [2.45, 2.75) is 6.61 Å². The fourth-order valence-electron chi connectivity index (χ4n) is 1.57. The molecular formula is C16H15N3O3. The van der Waals surface area contributed by atoms with E-state index in [4.69, 9.17) is 10.5 Å². The molecule has 1 amide bonds. The summed E-state index contributed by atoms with van der Waals surface area (Å²) in [6.45, 7) is 0.328. The van der Waals surface area contributed by atoms with Crippen LogP contribution in [0.4, 0.5) is 10.6 Å². The van der Waals surface area contributed by atoms with Gasteiger partial charge in [-0.05, 0) is 5.56 Å². The second kappa shape index (κ2) is 7.55. The Kier molecular flexibility index (Phi) is 5.21. The van der Waals surface area contributed by atoms with Gasteiger partial charge in [0.2, 0.25) is 0 Å². The number of carbonyl (C=O) groups excluding carboxylic acids is 1. The van der Waals surface area contributed by atoms with Crippen molar-refractivity contribution in [3.05, 3.63) is 53.7 Å². The lowest BCUT2D eigenvalue weighted by atomic mass is 10.2. The molecule has 1 heterocycles. The van der Waals surface area contributed by atoms with E-state index in [9.17, 15) is 9.90 Å². The SMILES string of the molecule is Nc1ncc(C#CCNC(=O)OCc2ccccc2)cc1O. The maximum absolute atomic E-state index is 11.5. The zero-order valence-electron chi connectivity index (χ0n) is 11.7. The van der Waals surface area contributed by atoms with E-state index in [1.165, 1.54) is 12.3 Å². The van der Waals surface area contributed by atoms with Crippen molar-refractivity contribution in [2.24, 2.45) is 0 Å². The summed E-state index contributed by atoms with van der Waals surface area (Å²) in [7, 11) is 0. The summed E-state index contributed by atoms with van der Waals surface area (Å²) in [5, 5.41) is 11.9. The number of pyridine rings is 1. The van der Waals surface area contributed by atoms with Gasteiger partial charge in [0.1, 0.15) is 6.61 Å². The topological polar surface area (TPSA) is 97.5 Å². The summed E-state index contributed by atoms with van der Waals surface area (Å²) in [6.07, 6.45) is 0.895. The van der Waals surface area contributed by atoms with Crippen molar-refractivity contribution in [1.29, 1.82) is 0 Å². The fraction of sp³-hybridized carbons (Fsp3) is 0.125. The molecule has 1 aromatic heterocycles. The van der Waals surface area contributed by atoms with Gasteiger partial charge < -0.3 is 20.9 Å². The summed E-state index contributed by atoms with van der Waals surface area (Å²) in [5.74, 6) is 5.39. The van der Waals surface area contributed by atoms with Gasteiger partial charge in [-0.25, -0.2) is 9.78 Å². The molecule has 0 bridgehead atoms. The number of nitrogen functional groups attached to an aromatic ring is 1. The zero-order valence-corrected chi connectivity index (χ0v) is 11.7. The summed E-state index contributed by atoms with van der Waals surface area (Å²) < 4.78 is 5.03. The highest BCUT2D eigenvalue weighted by Crippen LogP contribution is 2.16. The predicted octanol–water partition coefficient (Wildman–Crippen LogP) is 1.65. The van der Waals surface area contributed by atoms with Gasteiger partial charge in [-0.1, -0.05) is 42.2 Å². The molecular weight excluding hydrogens is 282 g/mol. The van der Waals surface area contributed by atoms with Crippen LogP contribution in [0.15, 0.2) is 42.6 Å². The van der Waals surface area contributed by atoms with Gasteiger partial charge in [0, 0.05) is 17.8 Å². The smallest absolute Gasteiger partial charge is 0.408 e. The number of carbonyl (C=O) groups is 1. The number of nitrogens with two attached hydrogens (primary N) is 1. The number of nitrogens with zero attached hydrogens (tertiary/aromatic N) is 1. The molecule has 6 heteroatoms. The van der Waals surface area contributed by atoms with Crippen molar-refractivity contribution in [2.75, 3.05) is 12.3 Å². The van der Waals surface area contributed by atoms with Gasteiger partial charge >= 0.3 is 6.09 Å². The molecule has 112 valence electrons. The van der Waals surface area contributed by atoms with Crippen LogP contribution >= 0.6 is 0 Å². The van der Waals surface area contributed by atoms with E-state index in [1.807, 2.05) is 30.3 Å². The highest BCUT2D eigenvalue weighted by atomic mass is 16.5. The first-order valence-corrected chi connectivity index (χ1v) is 6.53. The lowest BCUT2D eigenvalue weighted by Gasteiger charge is -2.04. The number of aromatic nitrogens is 1. The number of nitrogens with one attached hydrogen (secondary N) is 1. The van der Waals surface area contributed by atoms with Crippen LogP contribution in [-0.2, 0) is 11.3 Å². The number of hydrogen-bond donors (Lipinski definition) is 3. The third-order valence-corrected chi connectivity index (χ3v) is 2.66. The summed E-state index contributed by atoms with van der Waals surface area (Å²) in [4.78, 5) is 15.2. The van der Waals surface area contributed by atoms with E-state index < -0.39 is 6.09 Å². The normalized spacial score (nSPS) is 9.45. The first-order valence-electron chi connectivity index (χ1n) is 6.53. The van der Waals surface area contributed by atoms with Crippen molar-refractivity contribution in [1.82, 2.24) is 10.3 Å². The van der Waals surface area contributed by atoms with Gasteiger partial charge in [0.15, 0.2) is 11.6 Å². The van der Waals surface area contributed by atoms with Crippen molar-refractivity contribution in [3.63, 3.8) is 0 Å². The summed E-state index contributed by atoms with van der Waals surface area (Å²) >= 11 is 0. The Balaban J connectivity index is 1.75. The monoisotopic (exact) mass is 297 g/mol. The Hall–Kier alpha value is -3.20. The van der Waals surface area contributed by atoms with E-state index in [1.54, 1.807) is 0 Å². The number of rotatable bonds is 3. The Morgan fingerprint density at radius 2 is 2.14 bits per heavy atom.